The van der Waals surface area contributed by atoms with Crippen molar-refractivity contribution in [3.8, 4) is 23.8 Å². The number of aromatic hydroxyl groups is 1. The van der Waals surface area contributed by atoms with Crippen molar-refractivity contribution < 1.29 is 33.9 Å². The topological polar surface area (TPSA) is 98.6 Å². The number of phenolic OH excluding ortho intramolecular Hbond substituents is 1. The van der Waals surface area contributed by atoms with Gasteiger partial charge in [0, 0.05) is 13.2 Å². The summed E-state index contributed by atoms with van der Waals surface area (Å²) in [5, 5.41) is 24.1. The molecule has 260 valence electrons. The van der Waals surface area contributed by atoms with Crippen LogP contribution in [0.2, 0.25) is 0 Å². The number of benzene rings is 2. The van der Waals surface area contributed by atoms with Crippen molar-refractivity contribution in [2.75, 3.05) is 73.1 Å². The molecule has 0 amide bonds. The molecule has 0 aliphatic heterocycles. The maximum absolute atomic E-state index is 11.0. The monoisotopic (exact) mass is 651 g/mol. The minimum Gasteiger partial charge on any atom is -0.508 e. The first-order valence-corrected chi connectivity index (χ1v) is 17.5. The molecule has 0 aromatic heterocycles. The van der Waals surface area contributed by atoms with E-state index in [0.29, 0.717) is 82.3 Å². The molecular weight excluding hydrogens is 594 g/mol. The molecule has 3 aliphatic carbocycles. The van der Waals surface area contributed by atoms with Gasteiger partial charge in [-0.25, -0.2) is 0 Å². The number of ether oxygens (including phenoxy) is 5. The first kappa shape index (κ1) is 37.2. The van der Waals surface area contributed by atoms with E-state index < -0.39 is 0 Å². The molecule has 0 saturated heterocycles. The Kier molecular flexibility index (Phi) is 15.3. The summed E-state index contributed by atoms with van der Waals surface area (Å²) in [6.07, 6.45) is 11.1. The van der Waals surface area contributed by atoms with Crippen molar-refractivity contribution in [2.45, 2.75) is 70.3 Å². The molecule has 0 spiro atoms. The second-order valence-corrected chi connectivity index (χ2v) is 13.2. The lowest BCUT2D eigenvalue weighted by molar-refractivity contribution is -0.0323. The van der Waals surface area contributed by atoms with Gasteiger partial charge in [-0.05, 0) is 116 Å². The molecule has 6 atom stereocenters. The van der Waals surface area contributed by atoms with Crippen molar-refractivity contribution in [3.05, 3.63) is 59.2 Å². The maximum atomic E-state index is 11.0. The minimum absolute atomic E-state index is 0.0117. The zero-order valence-electron chi connectivity index (χ0n) is 28.8. The van der Waals surface area contributed by atoms with Gasteiger partial charge in [0.05, 0.1) is 45.7 Å². The molecule has 2 aromatic rings. The summed E-state index contributed by atoms with van der Waals surface area (Å²) in [7, 11) is 1.93. The number of hydrogen-bond donors (Lipinski definition) is 3. The standard InChI is InChI=1S/C27H35NO3.C12H22O4/c1-27-16-23(17-3-7-20(8-4-17)31-14-13-28-2)26-21-10-6-19(29)15-18(21)5-9-22(26)24(27)11-12-25(27)30;1-3-5-13-7-9-15-11-12-16-10-8-14-6-4-2/h3-4,6-8,10,15,22-26,28-30H,5,9,11-14,16H2,1-2H3;1H,4-12H2,2H3/t22?,23-,24?,25+,26?,27+;/m1./s1. The number of rotatable bonds is 17. The lowest BCUT2D eigenvalue weighted by Crippen LogP contribution is -2.47. The normalized spacial score (nSPS) is 25.9. The molecule has 3 unspecified atom stereocenters. The predicted molar refractivity (Wildman–Crippen MR) is 185 cm³/mol. The van der Waals surface area contributed by atoms with E-state index in [1.807, 2.05) is 19.2 Å². The van der Waals surface area contributed by atoms with Crippen LogP contribution in [0.5, 0.6) is 11.5 Å². The molecule has 2 aromatic carbocycles. The predicted octanol–water partition coefficient (Wildman–Crippen LogP) is 5.70. The molecule has 8 heteroatoms. The molecule has 0 bridgehead atoms. The van der Waals surface area contributed by atoms with Crippen LogP contribution < -0.4 is 10.1 Å². The van der Waals surface area contributed by atoms with Crippen LogP contribution in [0.25, 0.3) is 0 Å². The molecule has 47 heavy (non-hydrogen) atoms. The van der Waals surface area contributed by atoms with Crippen LogP contribution in [-0.2, 0) is 25.4 Å². The van der Waals surface area contributed by atoms with Crippen molar-refractivity contribution in [1.82, 2.24) is 5.32 Å². The van der Waals surface area contributed by atoms with Gasteiger partial charge < -0.3 is 39.2 Å². The largest absolute Gasteiger partial charge is 0.508 e. The van der Waals surface area contributed by atoms with Crippen molar-refractivity contribution >= 4 is 0 Å². The number of nitrogens with one attached hydrogen (secondary N) is 1. The minimum atomic E-state index is -0.202. The lowest BCUT2D eigenvalue weighted by atomic mass is 9.51. The van der Waals surface area contributed by atoms with Crippen LogP contribution in [0, 0.1) is 29.6 Å². The van der Waals surface area contributed by atoms with E-state index in [-0.39, 0.29) is 11.5 Å². The maximum Gasteiger partial charge on any atom is 0.119 e. The smallest absolute Gasteiger partial charge is 0.119 e. The summed E-state index contributed by atoms with van der Waals surface area (Å²) < 4.78 is 26.7. The van der Waals surface area contributed by atoms with E-state index in [2.05, 4.69) is 55.4 Å². The number of hydrogen-bond acceptors (Lipinski definition) is 8. The van der Waals surface area contributed by atoms with Gasteiger partial charge in [0.1, 0.15) is 24.7 Å². The fraction of sp³-hybridized carbons (Fsp3) is 0.641. The molecular formula is C39H57NO7. The SMILES string of the molecule is C#CCOCCOCCOCCOCCC.CNCCOc1ccc([C@H]2C[C@@]3(C)C(CC[C@@H]3O)C3CCc4cc(O)ccc4C32)cc1. The van der Waals surface area contributed by atoms with Crippen LogP contribution in [0.15, 0.2) is 42.5 Å². The number of aliphatic hydroxyl groups is 1. The quantitative estimate of drug-likeness (QED) is 0.148. The Labute approximate surface area is 282 Å². The second kappa shape index (κ2) is 19.4. The third-order valence-electron chi connectivity index (χ3n) is 10.2. The van der Waals surface area contributed by atoms with Gasteiger partial charge in [-0.2, -0.15) is 0 Å². The summed E-state index contributed by atoms with van der Waals surface area (Å²) in [6.45, 7) is 10.6. The average molecular weight is 652 g/mol. The van der Waals surface area contributed by atoms with Crippen molar-refractivity contribution in [1.29, 1.82) is 0 Å². The number of phenols is 1. The van der Waals surface area contributed by atoms with Crippen LogP contribution in [-0.4, -0.2) is 89.4 Å². The zero-order valence-corrected chi connectivity index (χ0v) is 28.8. The van der Waals surface area contributed by atoms with E-state index in [0.717, 1.165) is 57.4 Å². The van der Waals surface area contributed by atoms with Gasteiger partial charge >= 0.3 is 0 Å². The molecule has 3 N–H and O–H groups in total. The molecule has 2 saturated carbocycles. The number of terminal acetylenes is 1. The lowest BCUT2D eigenvalue weighted by Gasteiger charge is -2.54. The fourth-order valence-corrected chi connectivity index (χ4v) is 8.01. The number of fused-ring (bicyclic) bond motifs is 5. The molecule has 8 nitrogen and oxygen atoms in total. The molecule has 2 fully saturated rings. The number of aliphatic hydroxyl groups excluding tert-OH is 1. The van der Waals surface area contributed by atoms with Gasteiger partial charge in [-0.1, -0.05) is 38.0 Å². The van der Waals surface area contributed by atoms with Crippen LogP contribution >= 0.6 is 0 Å². The Morgan fingerprint density at radius 3 is 2.23 bits per heavy atom. The summed E-state index contributed by atoms with van der Waals surface area (Å²) >= 11 is 0. The average Bonchev–Trinajstić information content (AvgIpc) is 3.38. The van der Waals surface area contributed by atoms with Crippen molar-refractivity contribution in [2.24, 2.45) is 17.3 Å². The van der Waals surface area contributed by atoms with E-state index in [4.69, 9.17) is 30.1 Å². The number of aryl methyl sites for hydroxylation is 1. The molecule has 3 aliphatic rings. The van der Waals surface area contributed by atoms with E-state index >= 15 is 0 Å². The van der Waals surface area contributed by atoms with Gasteiger partial charge in [0.2, 0.25) is 0 Å². The third-order valence-corrected chi connectivity index (χ3v) is 10.2. The van der Waals surface area contributed by atoms with Crippen LogP contribution in [0.1, 0.15) is 74.5 Å². The number of likely N-dealkylation sites (N-methyl/N-ethyl adjacent to an activating group) is 1. The summed E-state index contributed by atoms with van der Waals surface area (Å²) in [5.74, 6) is 5.65. The molecule has 5 rings (SSSR count). The van der Waals surface area contributed by atoms with Crippen molar-refractivity contribution in [3.63, 3.8) is 0 Å². The molecule has 0 radical (unpaired) electrons. The highest BCUT2D eigenvalue weighted by Gasteiger charge is 2.57. The van der Waals surface area contributed by atoms with Crippen LogP contribution in [0.4, 0.5) is 0 Å². The van der Waals surface area contributed by atoms with Gasteiger partial charge in [-0.15, -0.1) is 6.42 Å². The Bertz CT molecular complexity index is 1230. The Morgan fingerprint density at radius 2 is 1.57 bits per heavy atom. The summed E-state index contributed by atoms with van der Waals surface area (Å²) in [6, 6.07) is 14.6. The highest BCUT2D eigenvalue weighted by molar-refractivity contribution is 5.43. The Balaban J connectivity index is 0.000000267. The third kappa shape index (κ3) is 10.2. The Morgan fingerprint density at radius 1 is 0.894 bits per heavy atom. The van der Waals surface area contributed by atoms with E-state index in [1.54, 1.807) is 0 Å². The molecule has 0 heterocycles. The fourth-order valence-electron chi connectivity index (χ4n) is 8.01. The highest BCUT2D eigenvalue weighted by atomic mass is 16.6. The highest BCUT2D eigenvalue weighted by Crippen LogP contribution is 2.65. The second-order valence-electron chi connectivity index (χ2n) is 13.2. The van der Waals surface area contributed by atoms with Gasteiger partial charge in [0.25, 0.3) is 0 Å². The van der Waals surface area contributed by atoms with Gasteiger partial charge in [-0.3, -0.25) is 0 Å². The summed E-state index contributed by atoms with van der Waals surface area (Å²) in [5.41, 5.74) is 4.05. The van der Waals surface area contributed by atoms with E-state index in [1.165, 1.54) is 16.7 Å². The van der Waals surface area contributed by atoms with Gasteiger partial charge in [0.15, 0.2) is 0 Å². The first-order valence-electron chi connectivity index (χ1n) is 17.5. The zero-order chi connectivity index (χ0) is 33.5. The summed E-state index contributed by atoms with van der Waals surface area (Å²) in [4.78, 5) is 0. The first-order chi connectivity index (χ1) is 22.9. The van der Waals surface area contributed by atoms with Crippen LogP contribution in [0.3, 0.4) is 0 Å². The Hall–Kier alpha value is -2.64. The van der Waals surface area contributed by atoms with E-state index in [9.17, 15) is 10.2 Å².